The molecule has 0 bridgehead atoms. The fourth-order valence-electron chi connectivity index (χ4n) is 1.26. The van der Waals surface area contributed by atoms with E-state index in [0.717, 1.165) is 14.3 Å². The van der Waals surface area contributed by atoms with Crippen LogP contribution in [0.15, 0.2) is 26.4 Å². The third-order valence-electron chi connectivity index (χ3n) is 2.08. The smallest absolute Gasteiger partial charge is 0.325 e. The van der Waals surface area contributed by atoms with Gasteiger partial charge in [-0.3, -0.25) is 4.79 Å². The Balaban J connectivity index is 3.25. The Kier molecular flexibility index (Phi) is 5.17. The second-order valence-electron chi connectivity index (χ2n) is 3.05. The molecule has 1 atom stereocenters. The van der Waals surface area contributed by atoms with Gasteiger partial charge >= 0.3 is 5.97 Å². The number of rotatable bonds is 4. The molecular weight excluding hydrogens is 310 g/mol. The molecule has 1 aromatic rings. The number of benzene rings is 1. The second kappa shape index (κ2) is 5.95. The lowest BCUT2D eigenvalue weighted by Crippen LogP contribution is -2.20. The second-order valence-corrected chi connectivity index (χ2v) is 5.57. The van der Waals surface area contributed by atoms with Gasteiger partial charge < -0.3 is 10.8 Å². The molecule has 0 aliphatic rings. The van der Waals surface area contributed by atoms with Gasteiger partial charge in [0.2, 0.25) is 0 Å². The van der Waals surface area contributed by atoms with Crippen molar-refractivity contribution in [2.24, 2.45) is 5.73 Å². The fourth-order valence-corrected chi connectivity index (χ4v) is 3.92. The van der Waals surface area contributed by atoms with Crippen LogP contribution in [0.25, 0.3) is 0 Å². The zero-order valence-electron chi connectivity index (χ0n) is 8.86. The lowest BCUT2D eigenvalue weighted by atomic mass is 10.1. The number of carboxylic acids is 1. The van der Waals surface area contributed by atoms with Crippen molar-refractivity contribution in [1.29, 1.82) is 0 Å². The van der Waals surface area contributed by atoms with Crippen LogP contribution in [-0.4, -0.2) is 23.6 Å². The summed E-state index contributed by atoms with van der Waals surface area (Å²) in [5, 5.41) is 8.86. The Morgan fingerprint density at radius 1 is 1.44 bits per heavy atom. The van der Waals surface area contributed by atoms with Gasteiger partial charge in [0, 0.05) is 14.3 Å². The minimum Gasteiger partial charge on any atom is -0.480 e. The quantitative estimate of drug-likeness (QED) is 0.835. The number of carboxylic acid groups (broad SMARTS) is 1. The first kappa shape index (κ1) is 13.9. The molecule has 0 aromatic heterocycles. The van der Waals surface area contributed by atoms with E-state index < -0.39 is 12.0 Å². The van der Waals surface area contributed by atoms with Crippen LogP contribution >= 0.6 is 39.5 Å². The Labute approximate surface area is 111 Å². The number of nitrogens with two attached hydrogens (primary N) is 1. The van der Waals surface area contributed by atoms with E-state index in [2.05, 4.69) is 15.9 Å². The van der Waals surface area contributed by atoms with Crippen molar-refractivity contribution in [3.05, 3.63) is 22.2 Å². The van der Waals surface area contributed by atoms with E-state index in [4.69, 9.17) is 10.8 Å². The average molecular weight is 322 g/mol. The summed E-state index contributed by atoms with van der Waals surface area (Å²) in [5.74, 6) is -1.02. The van der Waals surface area contributed by atoms with Gasteiger partial charge in [0.15, 0.2) is 0 Å². The third kappa shape index (κ3) is 2.94. The minimum absolute atomic E-state index is 0.613. The summed E-state index contributed by atoms with van der Waals surface area (Å²) in [4.78, 5) is 13.0. The third-order valence-corrected chi connectivity index (χ3v) is 4.71. The van der Waals surface area contributed by atoms with Gasteiger partial charge in [-0.2, -0.15) is 0 Å². The fraction of sp³-hybridized carbons (Fsp3) is 0.300. The lowest BCUT2D eigenvalue weighted by Gasteiger charge is -2.13. The van der Waals surface area contributed by atoms with E-state index in [9.17, 15) is 4.79 Å². The summed E-state index contributed by atoms with van der Waals surface area (Å²) in [6.45, 7) is 0. The highest BCUT2D eigenvalue weighted by molar-refractivity contribution is 9.10. The Bertz CT molecular complexity index is 412. The lowest BCUT2D eigenvalue weighted by molar-refractivity contribution is -0.138. The van der Waals surface area contributed by atoms with Crippen LogP contribution in [0.5, 0.6) is 0 Å². The molecule has 1 aromatic carbocycles. The van der Waals surface area contributed by atoms with Crippen molar-refractivity contribution < 1.29 is 9.90 Å². The van der Waals surface area contributed by atoms with Crippen LogP contribution in [0, 0.1) is 0 Å². The van der Waals surface area contributed by atoms with Gasteiger partial charge in [0.05, 0.1) is 0 Å². The Morgan fingerprint density at radius 2 is 2.06 bits per heavy atom. The molecule has 0 amide bonds. The van der Waals surface area contributed by atoms with Crippen molar-refractivity contribution in [3.8, 4) is 0 Å². The first-order valence-corrected chi connectivity index (χ1v) is 7.65. The Hall–Kier alpha value is -0.170. The molecule has 0 fully saturated rings. The van der Waals surface area contributed by atoms with Crippen molar-refractivity contribution >= 4 is 45.4 Å². The van der Waals surface area contributed by atoms with Crippen LogP contribution in [0.4, 0.5) is 0 Å². The van der Waals surface area contributed by atoms with Crippen LogP contribution in [0.3, 0.4) is 0 Å². The summed E-state index contributed by atoms with van der Waals surface area (Å²) in [5.41, 5.74) is 6.20. The molecule has 3 N–H and O–H groups in total. The first-order chi connectivity index (χ1) is 7.51. The van der Waals surface area contributed by atoms with E-state index in [-0.39, 0.29) is 0 Å². The molecular formula is C10H12BrNO2S2. The summed E-state index contributed by atoms with van der Waals surface area (Å²) < 4.78 is 0.888. The van der Waals surface area contributed by atoms with E-state index >= 15 is 0 Å². The molecule has 0 aliphatic carbocycles. The van der Waals surface area contributed by atoms with Crippen LogP contribution in [0.2, 0.25) is 0 Å². The highest BCUT2D eigenvalue weighted by Gasteiger charge is 2.17. The van der Waals surface area contributed by atoms with Crippen LogP contribution in [-0.2, 0) is 4.79 Å². The highest BCUT2D eigenvalue weighted by atomic mass is 79.9. The predicted octanol–water partition coefficient (Wildman–Crippen LogP) is 2.98. The number of halogens is 1. The zero-order valence-corrected chi connectivity index (χ0v) is 12.1. The topological polar surface area (TPSA) is 63.3 Å². The van der Waals surface area contributed by atoms with Crippen molar-refractivity contribution in [2.45, 2.75) is 15.8 Å². The molecule has 0 heterocycles. The molecule has 0 spiro atoms. The molecule has 6 heteroatoms. The number of aliphatic carboxylic acids is 1. The number of hydrogen-bond acceptors (Lipinski definition) is 4. The van der Waals surface area contributed by atoms with Crippen LogP contribution in [0.1, 0.15) is 11.6 Å². The maximum absolute atomic E-state index is 10.8. The van der Waals surface area contributed by atoms with Crippen molar-refractivity contribution in [2.75, 3.05) is 12.5 Å². The van der Waals surface area contributed by atoms with Gasteiger partial charge in [0.1, 0.15) is 6.04 Å². The molecule has 3 nitrogen and oxygen atoms in total. The van der Waals surface area contributed by atoms with Gasteiger partial charge in [-0.15, -0.1) is 23.5 Å². The molecule has 0 aliphatic heterocycles. The highest BCUT2D eigenvalue weighted by Crippen LogP contribution is 2.36. The zero-order chi connectivity index (χ0) is 12.3. The normalized spacial score (nSPS) is 12.5. The van der Waals surface area contributed by atoms with Gasteiger partial charge in [0.25, 0.3) is 0 Å². The molecule has 16 heavy (non-hydrogen) atoms. The standard InChI is InChI=1S/C10H12BrNO2S2/c1-15-7-4-5(8(12)10(13)14)3-6(11)9(7)16-2/h3-4,8H,12H2,1-2H3,(H,13,14). The molecule has 88 valence electrons. The number of hydrogen-bond donors (Lipinski definition) is 2. The molecule has 0 saturated heterocycles. The Morgan fingerprint density at radius 3 is 2.50 bits per heavy atom. The maximum Gasteiger partial charge on any atom is 0.325 e. The monoisotopic (exact) mass is 321 g/mol. The average Bonchev–Trinajstić information content (AvgIpc) is 2.26. The van der Waals surface area contributed by atoms with Crippen molar-refractivity contribution in [3.63, 3.8) is 0 Å². The van der Waals surface area contributed by atoms with Gasteiger partial charge in [-0.1, -0.05) is 0 Å². The van der Waals surface area contributed by atoms with Gasteiger partial charge in [-0.05, 0) is 46.1 Å². The van der Waals surface area contributed by atoms with Crippen molar-refractivity contribution in [1.82, 2.24) is 0 Å². The van der Waals surface area contributed by atoms with Crippen LogP contribution < -0.4 is 5.73 Å². The molecule has 0 radical (unpaired) electrons. The summed E-state index contributed by atoms with van der Waals surface area (Å²) >= 11 is 6.63. The van der Waals surface area contributed by atoms with E-state index in [1.54, 1.807) is 29.6 Å². The number of carbonyl (C=O) groups is 1. The minimum atomic E-state index is -1.02. The molecule has 1 unspecified atom stereocenters. The first-order valence-electron chi connectivity index (χ1n) is 4.41. The predicted molar refractivity (Wildman–Crippen MR) is 72.3 cm³/mol. The molecule has 1 rings (SSSR count). The van der Waals surface area contributed by atoms with E-state index in [1.165, 1.54) is 0 Å². The summed E-state index contributed by atoms with van der Waals surface area (Å²) in [7, 11) is 0. The summed E-state index contributed by atoms with van der Waals surface area (Å²) in [6, 6.07) is 2.63. The largest absolute Gasteiger partial charge is 0.480 e. The van der Waals surface area contributed by atoms with E-state index in [0.29, 0.717) is 5.56 Å². The summed E-state index contributed by atoms with van der Waals surface area (Å²) in [6.07, 6.45) is 3.94. The van der Waals surface area contributed by atoms with Gasteiger partial charge in [-0.25, -0.2) is 0 Å². The maximum atomic E-state index is 10.8. The SMILES string of the molecule is CSc1cc(C(N)C(=O)O)cc(Br)c1SC. The van der Waals surface area contributed by atoms with E-state index in [1.807, 2.05) is 18.6 Å². The number of thioether (sulfide) groups is 2. The molecule has 0 saturated carbocycles.